The lowest BCUT2D eigenvalue weighted by atomic mass is 10.0. The molecule has 0 unspecified atom stereocenters. The monoisotopic (exact) mass is 323 g/mol. The van der Waals surface area contributed by atoms with Crippen LogP contribution in [-0.2, 0) is 6.42 Å². The fourth-order valence-electron chi connectivity index (χ4n) is 2.91. The molecule has 1 aliphatic heterocycles. The van der Waals surface area contributed by atoms with E-state index in [1.54, 1.807) is 17.0 Å². The second-order valence-corrected chi connectivity index (χ2v) is 5.61. The van der Waals surface area contributed by atoms with Crippen molar-refractivity contribution in [2.24, 2.45) is 0 Å². The third-order valence-corrected chi connectivity index (χ3v) is 4.03. The van der Waals surface area contributed by atoms with Gasteiger partial charge in [-0.25, -0.2) is 4.39 Å². The van der Waals surface area contributed by atoms with Crippen molar-refractivity contribution in [3.05, 3.63) is 65.8 Å². The van der Waals surface area contributed by atoms with Gasteiger partial charge in [0, 0.05) is 17.8 Å². The van der Waals surface area contributed by atoms with Crippen LogP contribution in [0.5, 0.6) is 0 Å². The number of fused-ring (bicyclic) bond motifs is 1. The van der Waals surface area contributed by atoms with Crippen LogP contribution in [0.15, 0.2) is 52.9 Å². The lowest BCUT2D eigenvalue weighted by Gasteiger charge is -2.28. The zero-order chi connectivity index (χ0) is 16.5. The van der Waals surface area contributed by atoms with Crippen LogP contribution in [-0.4, -0.2) is 22.6 Å². The summed E-state index contributed by atoms with van der Waals surface area (Å²) < 4.78 is 18.8. The molecule has 4 rings (SSSR count). The molecule has 120 valence electrons. The Balaban J connectivity index is 1.65. The first kappa shape index (κ1) is 14.6. The van der Waals surface area contributed by atoms with Crippen molar-refractivity contribution >= 4 is 11.6 Å². The van der Waals surface area contributed by atoms with Gasteiger partial charge in [-0.05, 0) is 42.7 Å². The summed E-state index contributed by atoms with van der Waals surface area (Å²) in [5, 5.41) is 7.71. The molecule has 0 bridgehead atoms. The smallest absolute Gasteiger partial charge is 0.315 e. The first-order valence-corrected chi connectivity index (χ1v) is 7.71. The van der Waals surface area contributed by atoms with E-state index in [-0.39, 0.29) is 17.7 Å². The average molecular weight is 323 g/mol. The first-order chi connectivity index (χ1) is 11.7. The Morgan fingerprint density at radius 2 is 2.00 bits per heavy atom. The number of hydrogen-bond acceptors (Lipinski definition) is 4. The number of nitrogens with zero attached hydrogens (tertiary/aromatic N) is 3. The quantitative estimate of drug-likeness (QED) is 0.724. The van der Waals surface area contributed by atoms with Crippen molar-refractivity contribution in [3.8, 4) is 11.5 Å². The van der Waals surface area contributed by atoms with E-state index in [0.717, 1.165) is 24.1 Å². The highest BCUT2D eigenvalue weighted by molar-refractivity contribution is 6.03. The zero-order valence-electron chi connectivity index (χ0n) is 12.8. The van der Waals surface area contributed by atoms with Gasteiger partial charge in [-0.3, -0.25) is 4.79 Å². The minimum absolute atomic E-state index is 0.0917. The molecule has 2 aromatic carbocycles. The zero-order valence-corrected chi connectivity index (χ0v) is 12.8. The van der Waals surface area contributed by atoms with Gasteiger partial charge in [0.1, 0.15) is 5.82 Å². The van der Waals surface area contributed by atoms with Crippen molar-refractivity contribution in [2.45, 2.75) is 12.8 Å². The lowest BCUT2D eigenvalue weighted by molar-refractivity contribution is 0.0952. The largest absolute Gasteiger partial charge is 0.412 e. The van der Waals surface area contributed by atoms with Crippen molar-refractivity contribution in [1.29, 1.82) is 0 Å². The molecule has 0 radical (unpaired) electrons. The fourth-order valence-corrected chi connectivity index (χ4v) is 2.91. The summed E-state index contributed by atoms with van der Waals surface area (Å²) >= 11 is 0. The molecule has 3 aromatic rings. The van der Waals surface area contributed by atoms with E-state index in [1.807, 2.05) is 24.3 Å². The Morgan fingerprint density at radius 3 is 2.88 bits per heavy atom. The molecule has 5 nitrogen and oxygen atoms in total. The lowest BCUT2D eigenvalue weighted by Crippen LogP contribution is -2.35. The number of benzene rings is 2. The maximum absolute atomic E-state index is 13.3. The number of halogens is 1. The van der Waals surface area contributed by atoms with E-state index in [4.69, 9.17) is 4.42 Å². The number of rotatable bonds is 2. The summed E-state index contributed by atoms with van der Waals surface area (Å²) in [6.07, 6.45) is 1.83. The van der Waals surface area contributed by atoms with Crippen LogP contribution in [0.3, 0.4) is 0 Å². The van der Waals surface area contributed by atoms with Gasteiger partial charge in [0.15, 0.2) is 0 Å². The van der Waals surface area contributed by atoms with Crippen molar-refractivity contribution < 1.29 is 13.6 Å². The van der Waals surface area contributed by atoms with E-state index in [2.05, 4.69) is 10.2 Å². The van der Waals surface area contributed by atoms with E-state index in [0.29, 0.717) is 12.1 Å². The SMILES string of the molecule is O=C(c1nnc(-c2cccc(F)c2)o1)N1CCCc2ccccc21. The van der Waals surface area contributed by atoms with Crippen LogP contribution in [0.25, 0.3) is 11.5 Å². The molecule has 0 aliphatic carbocycles. The fraction of sp³-hybridized carbons (Fsp3) is 0.167. The Hall–Kier alpha value is -3.02. The van der Waals surface area contributed by atoms with Crippen LogP contribution in [0.1, 0.15) is 22.7 Å². The van der Waals surface area contributed by atoms with Gasteiger partial charge in [0.2, 0.25) is 5.89 Å². The third-order valence-electron chi connectivity index (χ3n) is 4.03. The number of anilines is 1. The van der Waals surface area contributed by atoms with E-state index < -0.39 is 5.82 Å². The maximum atomic E-state index is 13.3. The normalized spacial score (nSPS) is 13.6. The van der Waals surface area contributed by atoms with Crippen LogP contribution >= 0.6 is 0 Å². The van der Waals surface area contributed by atoms with Gasteiger partial charge in [-0.1, -0.05) is 24.3 Å². The van der Waals surface area contributed by atoms with Gasteiger partial charge in [-0.15, -0.1) is 10.2 Å². The number of aryl methyl sites for hydroxylation is 1. The van der Waals surface area contributed by atoms with Crippen LogP contribution < -0.4 is 4.90 Å². The Kier molecular flexibility index (Phi) is 3.57. The molecule has 0 fully saturated rings. The molecule has 24 heavy (non-hydrogen) atoms. The number of carbonyl (C=O) groups excluding carboxylic acids is 1. The van der Waals surface area contributed by atoms with Gasteiger partial charge in [0.25, 0.3) is 0 Å². The highest BCUT2D eigenvalue weighted by Crippen LogP contribution is 2.28. The Bertz CT molecular complexity index is 907. The molecule has 0 saturated heterocycles. The minimum atomic E-state index is -0.400. The van der Waals surface area contributed by atoms with E-state index >= 15 is 0 Å². The molecule has 2 heterocycles. The van der Waals surface area contributed by atoms with Crippen LogP contribution in [0.4, 0.5) is 10.1 Å². The molecular formula is C18H14FN3O2. The molecule has 1 aliphatic rings. The van der Waals surface area contributed by atoms with Gasteiger partial charge in [-0.2, -0.15) is 0 Å². The number of aromatic nitrogens is 2. The molecule has 1 amide bonds. The highest BCUT2D eigenvalue weighted by atomic mass is 19.1. The topological polar surface area (TPSA) is 59.2 Å². The first-order valence-electron chi connectivity index (χ1n) is 7.71. The molecule has 1 aromatic heterocycles. The average Bonchev–Trinajstić information content (AvgIpc) is 3.11. The maximum Gasteiger partial charge on any atom is 0.315 e. The molecule has 0 N–H and O–H groups in total. The Labute approximate surface area is 137 Å². The van der Waals surface area contributed by atoms with Crippen LogP contribution in [0, 0.1) is 5.82 Å². The number of carbonyl (C=O) groups is 1. The highest BCUT2D eigenvalue weighted by Gasteiger charge is 2.27. The number of hydrogen-bond donors (Lipinski definition) is 0. The van der Waals surface area contributed by atoms with Crippen molar-refractivity contribution in [1.82, 2.24) is 10.2 Å². The molecule has 0 spiro atoms. The Morgan fingerprint density at radius 1 is 1.12 bits per heavy atom. The van der Waals surface area contributed by atoms with Gasteiger partial charge in [0.05, 0.1) is 0 Å². The predicted octanol–water partition coefficient (Wildman–Crippen LogP) is 3.47. The van der Waals surface area contributed by atoms with Crippen LogP contribution in [0.2, 0.25) is 0 Å². The van der Waals surface area contributed by atoms with E-state index in [1.165, 1.54) is 12.1 Å². The molecule has 0 atom stereocenters. The summed E-state index contributed by atoms with van der Waals surface area (Å²) in [6, 6.07) is 13.6. The molecular weight excluding hydrogens is 309 g/mol. The van der Waals surface area contributed by atoms with Crippen molar-refractivity contribution in [2.75, 3.05) is 11.4 Å². The summed E-state index contributed by atoms with van der Waals surface area (Å²) in [5.41, 5.74) is 2.45. The standard InChI is InChI=1S/C18H14FN3O2/c19-14-8-3-6-13(11-14)16-20-21-17(24-16)18(23)22-10-4-7-12-5-1-2-9-15(12)22/h1-3,5-6,8-9,11H,4,7,10H2. The second kappa shape index (κ2) is 5.88. The summed E-state index contributed by atoms with van der Waals surface area (Å²) in [4.78, 5) is 14.4. The van der Waals surface area contributed by atoms with E-state index in [9.17, 15) is 9.18 Å². The molecule has 6 heteroatoms. The number of para-hydroxylation sites is 1. The molecule has 0 saturated carbocycles. The van der Waals surface area contributed by atoms with Gasteiger partial charge >= 0.3 is 11.8 Å². The van der Waals surface area contributed by atoms with Gasteiger partial charge < -0.3 is 9.32 Å². The van der Waals surface area contributed by atoms with Crippen molar-refractivity contribution in [3.63, 3.8) is 0 Å². The number of amides is 1. The predicted molar refractivity (Wildman–Crippen MR) is 86.1 cm³/mol. The third kappa shape index (κ3) is 2.56. The minimum Gasteiger partial charge on any atom is -0.412 e. The second-order valence-electron chi connectivity index (χ2n) is 5.61. The summed E-state index contributed by atoms with van der Waals surface area (Å²) in [6.45, 7) is 0.605. The summed E-state index contributed by atoms with van der Waals surface area (Å²) in [7, 11) is 0. The summed E-state index contributed by atoms with van der Waals surface area (Å²) in [5.74, 6) is -0.699.